The Bertz CT molecular complexity index is 1070. The number of alkyl carbamates (subject to hydrolysis) is 1. The highest BCUT2D eigenvalue weighted by Gasteiger charge is 2.36. The fraction of sp³-hybridized carbons (Fsp3) is 0.483. The third-order valence-electron chi connectivity index (χ3n) is 5.94. The van der Waals surface area contributed by atoms with Crippen LogP contribution in [0.4, 0.5) is 4.79 Å². The maximum absolute atomic E-state index is 13.9. The van der Waals surface area contributed by atoms with Crippen LogP contribution in [0.25, 0.3) is 0 Å². The number of aliphatic hydroxyl groups excluding tert-OH is 1. The SMILES string of the molecule is CSCCC(NC(=O)OC(C)(C)C)C(=O)N(CCO)C(C(=O)NCc1ccccc1)c1ccc(C)c(C)c1. The molecule has 208 valence electrons. The summed E-state index contributed by atoms with van der Waals surface area (Å²) in [6.45, 7) is 9.02. The topological polar surface area (TPSA) is 108 Å². The van der Waals surface area contributed by atoms with E-state index in [-0.39, 0.29) is 25.6 Å². The van der Waals surface area contributed by atoms with Gasteiger partial charge < -0.3 is 25.4 Å². The van der Waals surface area contributed by atoms with Gasteiger partial charge in [-0.1, -0.05) is 48.5 Å². The number of hydrogen-bond acceptors (Lipinski definition) is 6. The van der Waals surface area contributed by atoms with Gasteiger partial charge in [-0.05, 0) is 75.3 Å². The summed E-state index contributed by atoms with van der Waals surface area (Å²) in [5, 5.41) is 15.6. The lowest BCUT2D eigenvalue weighted by atomic mass is 9.98. The summed E-state index contributed by atoms with van der Waals surface area (Å²) in [6, 6.07) is 13.2. The van der Waals surface area contributed by atoms with Crippen LogP contribution in [0.3, 0.4) is 0 Å². The minimum absolute atomic E-state index is 0.0824. The van der Waals surface area contributed by atoms with Crippen molar-refractivity contribution in [1.82, 2.24) is 15.5 Å². The molecule has 9 heteroatoms. The van der Waals surface area contributed by atoms with E-state index >= 15 is 0 Å². The third kappa shape index (κ3) is 9.68. The van der Waals surface area contributed by atoms with Crippen molar-refractivity contribution < 1.29 is 24.2 Å². The molecule has 2 atom stereocenters. The van der Waals surface area contributed by atoms with Crippen molar-refractivity contribution in [2.75, 3.05) is 25.2 Å². The van der Waals surface area contributed by atoms with Gasteiger partial charge in [-0.3, -0.25) is 9.59 Å². The van der Waals surface area contributed by atoms with E-state index in [1.54, 1.807) is 32.5 Å². The van der Waals surface area contributed by atoms with E-state index in [9.17, 15) is 19.5 Å². The third-order valence-corrected chi connectivity index (χ3v) is 6.58. The highest BCUT2D eigenvalue weighted by molar-refractivity contribution is 7.98. The number of aryl methyl sites for hydroxylation is 2. The number of amides is 3. The molecule has 0 bridgehead atoms. The van der Waals surface area contributed by atoms with Crippen molar-refractivity contribution in [2.24, 2.45) is 0 Å². The molecular weight excluding hydrogens is 502 g/mol. The monoisotopic (exact) mass is 543 g/mol. The van der Waals surface area contributed by atoms with Crippen LogP contribution in [-0.2, 0) is 20.9 Å². The van der Waals surface area contributed by atoms with Crippen LogP contribution in [0.1, 0.15) is 55.5 Å². The fourth-order valence-electron chi connectivity index (χ4n) is 3.91. The van der Waals surface area contributed by atoms with Gasteiger partial charge in [0.25, 0.3) is 0 Å². The molecule has 2 aromatic carbocycles. The van der Waals surface area contributed by atoms with Crippen LogP contribution in [0.15, 0.2) is 48.5 Å². The Hall–Kier alpha value is -3.04. The van der Waals surface area contributed by atoms with Crippen molar-refractivity contribution in [1.29, 1.82) is 0 Å². The van der Waals surface area contributed by atoms with Crippen molar-refractivity contribution in [3.8, 4) is 0 Å². The van der Waals surface area contributed by atoms with Gasteiger partial charge in [-0.25, -0.2) is 4.79 Å². The maximum Gasteiger partial charge on any atom is 0.408 e. The number of benzene rings is 2. The van der Waals surface area contributed by atoms with Gasteiger partial charge >= 0.3 is 6.09 Å². The quantitative estimate of drug-likeness (QED) is 0.372. The van der Waals surface area contributed by atoms with Gasteiger partial charge in [0.2, 0.25) is 11.8 Å². The van der Waals surface area contributed by atoms with E-state index in [1.807, 2.05) is 68.6 Å². The van der Waals surface area contributed by atoms with Crippen LogP contribution >= 0.6 is 11.8 Å². The summed E-state index contributed by atoms with van der Waals surface area (Å²) in [5.41, 5.74) is 2.85. The van der Waals surface area contributed by atoms with Gasteiger partial charge in [0.05, 0.1) is 6.61 Å². The molecule has 2 unspecified atom stereocenters. The van der Waals surface area contributed by atoms with E-state index in [2.05, 4.69) is 10.6 Å². The molecule has 0 aliphatic rings. The van der Waals surface area contributed by atoms with Crippen molar-refractivity contribution in [3.63, 3.8) is 0 Å². The number of ether oxygens (including phenoxy) is 1. The molecule has 0 fully saturated rings. The summed E-state index contributed by atoms with van der Waals surface area (Å²) >= 11 is 1.54. The normalized spacial score (nSPS) is 12.8. The Labute approximate surface area is 230 Å². The number of nitrogens with zero attached hydrogens (tertiary/aromatic N) is 1. The number of nitrogens with one attached hydrogen (secondary N) is 2. The van der Waals surface area contributed by atoms with E-state index in [1.165, 1.54) is 4.90 Å². The molecule has 0 aromatic heterocycles. The van der Waals surface area contributed by atoms with Gasteiger partial charge in [-0.2, -0.15) is 11.8 Å². The standard InChI is InChI=1S/C29H41N3O5S/c1-20-12-13-23(18-21(20)2)25(26(34)30-19-22-10-8-7-9-11-22)32(15-16-33)27(35)24(14-17-38-6)31-28(36)37-29(3,4)5/h7-13,18,24-25,33H,14-17,19H2,1-6H3,(H,30,34)(H,31,36). The van der Waals surface area contributed by atoms with Crippen LogP contribution in [-0.4, -0.2) is 64.7 Å². The second kappa shape index (κ2) is 14.8. The second-order valence-corrected chi connectivity index (χ2v) is 11.2. The zero-order valence-electron chi connectivity index (χ0n) is 23.2. The number of hydrogen-bond donors (Lipinski definition) is 3. The number of carbonyl (C=O) groups excluding carboxylic acids is 3. The Morgan fingerprint density at radius 3 is 2.32 bits per heavy atom. The fourth-order valence-corrected chi connectivity index (χ4v) is 4.38. The first-order chi connectivity index (χ1) is 18.0. The molecule has 2 aromatic rings. The van der Waals surface area contributed by atoms with Gasteiger partial charge in [-0.15, -0.1) is 0 Å². The molecule has 2 rings (SSSR count). The van der Waals surface area contributed by atoms with E-state index < -0.39 is 29.7 Å². The Kier molecular flexibility index (Phi) is 12.1. The van der Waals surface area contributed by atoms with E-state index in [0.717, 1.165) is 16.7 Å². The number of aliphatic hydroxyl groups is 1. The lowest BCUT2D eigenvalue weighted by Crippen LogP contribution is -2.53. The summed E-state index contributed by atoms with van der Waals surface area (Å²) < 4.78 is 5.39. The molecule has 0 radical (unpaired) electrons. The van der Waals surface area contributed by atoms with Crippen molar-refractivity contribution in [3.05, 3.63) is 70.8 Å². The van der Waals surface area contributed by atoms with Gasteiger partial charge in [0.1, 0.15) is 17.7 Å². The molecule has 0 saturated heterocycles. The lowest BCUT2D eigenvalue weighted by molar-refractivity contribution is -0.143. The molecule has 0 heterocycles. The Morgan fingerprint density at radius 2 is 1.74 bits per heavy atom. The average molecular weight is 544 g/mol. The van der Waals surface area contributed by atoms with Gasteiger partial charge in [0.15, 0.2) is 0 Å². The summed E-state index contributed by atoms with van der Waals surface area (Å²) in [7, 11) is 0. The number of carbonyl (C=O) groups is 3. The van der Waals surface area contributed by atoms with E-state index in [0.29, 0.717) is 17.7 Å². The van der Waals surface area contributed by atoms with Crippen LogP contribution in [0.2, 0.25) is 0 Å². The minimum Gasteiger partial charge on any atom is -0.444 e. The highest BCUT2D eigenvalue weighted by Crippen LogP contribution is 2.25. The molecule has 0 saturated carbocycles. The molecule has 38 heavy (non-hydrogen) atoms. The molecule has 3 amide bonds. The van der Waals surface area contributed by atoms with Crippen LogP contribution in [0, 0.1) is 13.8 Å². The molecule has 3 N–H and O–H groups in total. The van der Waals surface area contributed by atoms with Crippen molar-refractivity contribution in [2.45, 2.75) is 65.3 Å². The lowest BCUT2D eigenvalue weighted by Gasteiger charge is -2.34. The largest absolute Gasteiger partial charge is 0.444 e. The first-order valence-electron chi connectivity index (χ1n) is 12.8. The molecule has 8 nitrogen and oxygen atoms in total. The zero-order chi connectivity index (χ0) is 28.3. The second-order valence-electron chi connectivity index (χ2n) is 10.2. The average Bonchev–Trinajstić information content (AvgIpc) is 2.86. The van der Waals surface area contributed by atoms with Crippen molar-refractivity contribution >= 4 is 29.7 Å². The molecule has 0 aliphatic carbocycles. The molecule has 0 spiro atoms. The predicted molar refractivity (Wildman–Crippen MR) is 152 cm³/mol. The minimum atomic E-state index is -1.00. The molecule has 0 aliphatic heterocycles. The van der Waals surface area contributed by atoms with E-state index in [4.69, 9.17) is 4.74 Å². The zero-order valence-corrected chi connectivity index (χ0v) is 24.1. The van der Waals surface area contributed by atoms with Crippen LogP contribution < -0.4 is 10.6 Å². The predicted octanol–water partition coefficient (Wildman–Crippen LogP) is 4.13. The molecular formula is C29H41N3O5S. The Morgan fingerprint density at radius 1 is 1.05 bits per heavy atom. The summed E-state index contributed by atoms with van der Waals surface area (Å²) in [5.74, 6) is -0.231. The number of rotatable bonds is 12. The number of thioether (sulfide) groups is 1. The Balaban J connectivity index is 2.44. The summed E-state index contributed by atoms with van der Waals surface area (Å²) in [6.07, 6.45) is 1.54. The maximum atomic E-state index is 13.9. The van der Waals surface area contributed by atoms with Gasteiger partial charge in [0, 0.05) is 13.1 Å². The first-order valence-corrected chi connectivity index (χ1v) is 14.1. The van der Waals surface area contributed by atoms with Crippen LogP contribution in [0.5, 0.6) is 0 Å². The summed E-state index contributed by atoms with van der Waals surface area (Å²) in [4.78, 5) is 41.6. The highest BCUT2D eigenvalue weighted by atomic mass is 32.2. The smallest absolute Gasteiger partial charge is 0.408 e. The first kappa shape index (κ1) is 31.2.